The summed E-state index contributed by atoms with van der Waals surface area (Å²) >= 11 is 0. The molecule has 0 saturated heterocycles. The topological polar surface area (TPSA) is 33.5 Å². The molecule has 0 radical (unpaired) electrons. The molecule has 2 aromatic heterocycles. The van der Waals surface area contributed by atoms with Crippen LogP contribution in [-0.4, -0.2) is 10.8 Å². The van der Waals surface area contributed by atoms with Gasteiger partial charge in [0.05, 0.1) is 16.9 Å². The maximum atomic E-state index is 10.8. The van der Waals surface area contributed by atoms with Crippen molar-refractivity contribution in [3.63, 3.8) is 0 Å². The Labute approximate surface area is 130 Å². The van der Waals surface area contributed by atoms with Crippen LogP contribution in [0.5, 0.6) is 0 Å². The number of benzene rings is 1. The first kappa shape index (κ1) is 14.4. The van der Waals surface area contributed by atoms with Crippen molar-refractivity contribution in [2.45, 2.75) is 26.2 Å². The van der Waals surface area contributed by atoms with Gasteiger partial charge in [0.25, 0.3) is 0 Å². The Morgan fingerprint density at radius 1 is 1.05 bits per heavy atom. The molecule has 1 N–H and O–H groups in total. The smallest absolute Gasteiger partial charge is 0.211 e. The predicted octanol–water partition coefficient (Wildman–Crippen LogP) is 4.47. The van der Waals surface area contributed by atoms with Crippen LogP contribution in [-0.2, 0) is 10.2 Å². The molecule has 22 heavy (non-hydrogen) atoms. The first-order valence-corrected chi connectivity index (χ1v) is 7.42. The van der Waals surface area contributed by atoms with Gasteiger partial charge in [0.15, 0.2) is 0 Å². The SMILES string of the molecule is CC(C)(C)c1ccc(-c2cc(NC=O)c3ccccn23)cc1. The Balaban J connectivity index is 2.12. The third kappa shape index (κ3) is 2.50. The van der Waals surface area contributed by atoms with Crippen LogP contribution in [0.2, 0.25) is 0 Å². The number of pyridine rings is 1. The normalized spacial score (nSPS) is 11.6. The van der Waals surface area contributed by atoms with E-state index in [0.717, 1.165) is 28.9 Å². The first-order chi connectivity index (χ1) is 10.5. The Hall–Kier alpha value is -2.55. The maximum absolute atomic E-state index is 10.8. The highest BCUT2D eigenvalue weighted by atomic mass is 16.1. The number of hydrogen-bond acceptors (Lipinski definition) is 1. The second kappa shape index (κ2) is 5.34. The molecule has 0 unspecified atom stereocenters. The van der Waals surface area contributed by atoms with Crippen molar-refractivity contribution in [2.24, 2.45) is 0 Å². The molecule has 2 heterocycles. The molecule has 3 heteroatoms. The van der Waals surface area contributed by atoms with E-state index in [1.54, 1.807) is 0 Å². The second-order valence-corrected chi connectivity index (χ2v) is 6.49. The van der Waals surface area contributed by atoms with Crippen LogP contribution >= 0.6 is 0 Å². The number of hydrogen-bond donors (Lipinski definition) is 1. The van der Waals surface area contributed by atoms with Crippen LogP contribution in [0.3, 0.4) is 0 Å². The zero-order valence-electron chi connectivity index (χ0n) is 13.1. The zero-order chi connectivity index (χ0) is 15.7. The van der Waals surface area contributed by atoms with Crippen molar-refractivity contribution in [2.75, 3.05) is 5.32 Å². The summed E-state index contributed by atoms with van der Waals surface area (Å²) in [5.41, 5.74) is 5.47. The van der Waals surface area contributed by atoms with E-state index >= 15 is 0 Å². The van der Waals surface area contributed by atoms with E-state index in [-0.39, 0.29) is 5.41 Å². The van der Waals surface area contributed by atoms with E-state index < -0.39 is 0 Å². The molecule has 3 rings (SSSR count). The van der Waals surface area contributed by atoms with Gasteiger partial charge in [-0.3, -0.25) is 4.79 Å². The average molecular weight is 292 g/mol. The van der Waals surface area contributed by atoms with Crippen molar-refractivity contribution in [3.05, 3.63) is 60.3 Å². The molecule has 0 aliphatic heterocycles. The van der Waals surface area contributed by atoms with Crippen LogP contribution in [0.4, 0.5) is 5.69 Å². The predicted molar refractivity (Wildman–Crippen MR) is 91.2 cm³/mol. The summed E-state index contributed by atoms with van der Waals surface area (Å²) in [5, 5.41) is 2.77. The summed E-state index contributed by atoms with van der Waals surface area (Å²) in [7, 11) is 0. The molecule has 0 saturated carbocycles. The Bertz CT molecular complexity index is 808. The highest BCUT2D eigenvalue weighted by Crippen LogP contribution is 2.31. The molecule has 0 spiro atoms. The van der Waals surface area contributed by atoms with E-state index in [0.29, 0.717) is 0 Å². The van der Waals surface area contributed by atoms with E-state index in [9.17, 15) is 4.79 Å². The molecule has 0 atom stereocenters. The summed E-state index contributed by atoms with van der Waals surface area (Å²) in [6, 6.07) is 16.6. The number of carbonyl (C=O) groups excluding carboxylic acids is 1. The lowest BCUT2D eigenvalue weighted by Crippen LogP contribution is -2.10. The van der Waals surface area contributed by atoms with E-state index in [1.165, 1.54) is 5.56 Å². The number of rotatable bonds is 3. The Morgan fingerprint density at radius 2 is 1.77 bits per heavy atom. The van der Waals surface area contributed by atoms with Crippen molar-refractivity contribution in [1.82, 2.24) is 4.40 Å². The number of aromatic nitrogens is 1. The summed E-state index contributed by atoms with van der Waals surface area (Å²) in [6.07, 6.45) is 2.73. The Kier molecular flexibility index (Phi) is 3.49. The largest absolute Gasteiger partial charge is 0.327 e. The molecule has 0 aliphatic rings. The standard InChI is InChI=1S/C19H20N2O/c1-19(2,3)15-9-7-14(8-10-15)18-12-16(20-13-22)17-6-4-5-11-21(17)18/h4-13H,1-3H3,(H,20,22). The average Bonchev–Trinajstić information content (AvgIpc) is 2.86. The van der Waals surface area contributed by atoms with E-state index in [2.05, 4.69) is 54.8 Å². The van der Waals surface area contributed by atoms with Gasteiger partial charge in [-0.05, 0) is 34.7 Å². The number of amides is 1. The number of nitrogens with one attached hydrogen (secondary N) is 1. The van der Waals surface area contributed by atoms with Gasteiger partial charge < -0.3 is 9.72 Å². The number of carbonyl (C=O) groups is 1. The van der Waals surface area contributed by atoms with Crippen molar-refractivity contribution in [1.29, 1.82) is 0 Å². The quantitative estimate of drug-likeness (QED) is 0.710. The van der Waals surface area contributed by atoms with Gasteiger partial charge in [-0.25, -0.2) is 0 Å². The van der Waals surface area contributed by atoms with Crippen molar-refractivity contribution >= 4 is 17.6 Å². The third-order valence-corrected chi connectivity index (χ3v) is 3.94. The van der Waals surface area contributed by atoms with Crippen molar-refractivity contribution in [3.8, 4) is 11.3 Å². The third-order valence-electron chi connectivity index (χ3n) is 3.94. The van der Waals surface area contributed by atoms with Gasteiger partial charge in [0.2, 0.25) is 6.41 Å². The summed E-state index contributed by atoms with van der Waals surface area (Å²) in [5.74, 6) is 0. The van der Waals surface area contributed by atoms with Gasteiger partial charge in [-0.15, -0.1) is 0 Å². The maximum Gasteiger partial charge on any atom is 0.211 e. The van der Waals surface area contributed by atoms with Crippen LogP contribution in [0.15, 0.2) is 54.7 Å². The highest BCUT2D eigenvalue weighted by molar-refractivity contribution is 5.88. The monoisotopic (exact) mass is 292 g/mol. The van der Waals surface area contributed by atoms with Crippen LogP contribution in [0, 0.1) is 0 Å². The second-order valence-electron chi connectivity index (χ2n) is 6.49. The fraction of sp³-hybridized carbons (Fsp3) is 0.211. The van der Waals surface area contributed by atoms with Crippen LogP contribution < -0.4 is 5.32 Å². The fourth-order valence-corrected chi connectivity index (χ4v) is 2.70. The molecule has 0 aliphatic carbocycles. The molecule has 1 aromatic carbocycles. The van der Waals surface area contributed by atoms with Crippen molar-refractivity contribution < 1.29 is 4.79 Å². The Morgan fingerprint density at radius 3 is 2.41 bits per heavy atom. The minimum absolute atomic E-state index is 0.143. The molecule has 3 aromatic rings. The lowest BCUT2D eigenvalue weighted by atomic mass is 9.86. The molecular weight excluding hydrogens is 272 g/mol. The van der Waals surface area contributed by atoms with Gasteiger partial charge in [0.1, 0.15) is 0 Å². The number of anilines is 1. The minimum atomic E-state index is 0.143. The van der Waals surface area contributed by atoms with E-state index in [1.807, 2.05) is 30.5 Å². The minimum Gasteiger partial charge on any atom is -0.327 e. The number of nitrogens with zero attached hydrogens (tertiary/aromatic N) is 1. The zero-order valence-corrected chi connectivity index (χ0v) is 13.1. The van der Waals surface area contributed by atoms with Gasteiger partial charge in [-0.1, -0.05) is 51.1 Å². The summed E-state index contributed by atoms with van der Waals surface area (Å²) in [4.78, 5) is 10.8. The van der Waals surface area contributed by atoms with Gasteiger partial charge in [0, 0.05) is 6.20 Å². The fourth-order valence-electron chi connectivity index (χ4n) is 2.70. The molecular formula is C19H20N2O. The first-order valence-electron chi connectivity index (χ1n) is 7.42. The summed E-state index contributed by atoms with van der Waals surface area (Å²) in [6.45, 7) is 6.63. The highest BCUT2D eigenvalue weighted by Gasteiger charge is 2.14. The lowest BCUT2D eigenvalue weighted by Gasteiger charge is -2.19. The lowest BCUT2D eigenvalue weighted by molar-refractivity contribution is -0.105. The molecule has 1 amide bonds. The summed E-state index contributed by atoms with van der Waals surface area (Å²) < 4.78 is 2.10. The molecule has 112 valence electrons. The van der Waals surface area contributed by atoms with Gasteiger partial charge >= 0.3 is 0 Å². The molecule has 3 nitrogen and oxygen atoms in total. The van der Waals surface area contributed by atoms with Crippen LogP contribution in [0.1, 0.15) is 26.3 Å². The van der Waals surface area contributed by atoms with E-state index in [4.69, 9.17) is 0 Å². The van der Waals surface area contributed by atoms with Crippen LogP contribution in [0.25, 0.3) is 16.8 Å². The number of fused-ring (bicyclic) bond motifs is 1. The molecule has 0 fully saturated rings. The molecule has 0 bridgehead atoms. The van der Waals surface area contributed by atoms with Gasteiger partial charge in [-0.2, -0.15) is 0 Å².